The minimum Gasteiger partial charge on any atom is -0.236 e. The van der Waals surface area contributed by atoms with E-state index in [1.165, 1.54) is 0 Å². The number of rotatable bonds is 2. The van der Waals surface area contributed by atoms with Crippen molar-refractivity contribution in [2.45, 2.75) is 6.92 Å². The third kappa shape index (κ3) is 2.44. The molecule has 3 rings (SSSR count). The molecule has 0 aliphatic heterocycles. The maximum atomic E-state index is 4.41. The van der Waals surface area contributed by atoms with Gasteiger partial charge in [-0.25, -0.2) is 9.67 Å². The van der Waals surface area contributed by atoms with E-state index in [4.69, 9.17) is 0 Å². The van der Waals surface area contributed by atoms with Gasteiger partial charge in [0, 0.05) is 22.4 Å². The van der Waals surface area contributed by atoms with E-state index < -0.39 is 0 Å². The normalized spacial score (nSPS) is 10.6. The first-order valence-electron chi connectivity index (χ1n) is 5.96. The topological polar surface area (TPSA) is 30.7 Å². The number of hydrogen-bond donors (Lipinski definition) is 0. The third-order valence-electron chi connectivity index (χ3n) is 2.92. The van der Waals surface area contributed by atoms with Gasteiger partial charge in [-0.05, 0) is 40.0 Å². The van der Waals surface area contributed by atoms with Crippen LogP contribution in [0.4, 0.5) is 0 Å². The molecule has 3 aromatic rings. The first-order valence-corrected chi connectivity index (χ1v) is 6.76. The average molecular weight is 314 g/mol. The molecule has 0 amide bonds. The molecule has 0 radical (unpaired) electrons. The lowest BCUT2D eigenvalue weighted by atomic mass is 10.1. The molecule has 0 bridgehead atoms. The van der Waals surface area contributed by atoms with Gasteiger partial charge in [0.25, 0.3) is 0 Å². The molecule has 0 N–H and O–H groups in total. The molecule has 0 spiro atoms. The summed E-state index contributed by atoms with van der Waals surface area (Å²) in [5.74, 6) is 0.852. The van der Waals surface area contributed by atoms with Crippen molar-refractivity contribution in [1.82, 2.24) is 14.8 Å². The number of aryl methyl sites for hydroxylation is 1. The summed E-state index contributed by atoms with van der Waals surface area (Å²) < 4.78 is 2.79. The fourth-order valence-electron chi connectivity index (χ4n) is 1.99. The lowest BCUT2D eigenvalue weighted by Gasteiger charge is -2.04. The van der Waals surface area contributed by atoms with E-state index >= 15 is 0 Å². The van der Waals surface area contributed by atoms with E-state index in [1.807, 2.05) is 48.3 Å². The molecule has 94 valence electrons. The molecule has 2 heterocycles. The van der Waals surface area contributed by atoms with Crippen LogP contribution < -0.4 is 0 Å². The van der Waals surface area contributed by atoms with Crippen molar-refractivity contribution in [3.05, 3.63) is 65.0 Å². The van der Waals surface area contributed by atoms with Crippen LogP contribution in [0, 0.1) is 6.92 Å². The molecule has 0 fully saturated rings. The van der Waals surface area contributed by atoms with Crippen molar-refractivity contribution >= 4 is 15.9 Å². The van der Waals surface area contributed by atoms with E-state index in [1.54, 1.807) is 6.20 Å². The average Bonchev–Trinajstić information content (AvgIpc) is 2.89. The number of hydrogen-bond acceptors (Lipinski definition) is 2. The summed E-state index contributed by atoms with van der Waals surface area (Å²) in [6.45, 7) is 2.02. The number of benzene rings is 1. The van der Waals surface area contributed by atoms with Crippen molar-refractivity contribution in [3.8, 4) is 16.9 Å². The highest BCUT2D eigenvalue weighted by atomic mass is 79.9. The Balaban J connectivity index is 2.02. The van der Waals surface area contributed by atoms with Crippen LogP contribution >= 0.6 is 15.9 Å². The van der Waals surface area contributed by atoms with Gasteiger partial charge in [-0.1, -0.05) is 30.3 Å². The maximum Gasteiger partial charge on any atom is 0.156 e. The van der Waals surface area contributed by atoms with Gasteiger partial charge in [-0.3, -0.25) is 0 Å². The molecular weight excluding hydrogens is 302 g/mol. The Morgan fingerprint density at radius 2 is 1.84 bits per heavy atom. The number of halogens is 1. The summed E-state index contributed by atoms with van der Waals surface area (Å²) in [6, 6.07) is 12.2. The fourth-order valence-corrected chi connectivity index (χ4v) is 2.44. The van der Waals surface area contributed by atoms with Gasteiger partial charge < -0.3 is 0 Å². The van der Waals surface area contributed by atoms with Crippen molar-refractivity contribution < 1.29 is 0 Å². The van der Waals surface area contributed by atoms with Crippen molar-refractivity contribution in [3.63, 3.8) is 0 Å². The number of pyridine rings is 1. The van der Waals surface area contributed by atoms with E-state index in [0.29, 0.717) is 0 Å². The van der Waals surface area contributed by atoms with Gasteiger partial charge in [0.1, 0.15) is 0 Å². The van der Waals surface area contributed by atoms with E-state index in [0.717, 1.165) is 27.0 Å². The molecule has 0 atom stereocenters. The van der Waals surface area contributed by atoms with Crippen LogP contribution in [0.3, 0.4) is 0 Å². The second kappa shape index (κ2) is 4.97. The zero-order valence-electron chi connectivity index (χ0n) is 10.4. The van der Waals surface area contributed by atoms with Gasteiger partial charge in [-0.15, -0.1) is 0 Å². The zero-order chi connectivity index (χ0) is 13.2. The summed E-state index contributed by atoms with van der Waals surface area (Å²) in [4.78, 5) is 4.41. The Morgan fingerprint density at radius 3 is 2.58 bits per heavy atom. The van der Waals surface area contributed by atoms with Crippen molar-refractivity contribution in [2.24, 2.45) is 0 Å². The molecule has 4 heteroatoms. The van der Waals surface area contributed by atoms with E-state index in [2.05, 4.69) is 38.1 Å². The Kier molecular flexibility index (Phi) is 3.17. The second-order valence-corrected chi connectivity index (χ2v) is 5.25. The quantitative estimate of drug-likeness (QED) is 0.715. The van der Waals surface area contributed by atoms with Crippen LogP contribution in [0.1, 0.15) is 5.56 Å². The zero-order valence-corrected chi connectivity index (χ0v) is 12.0. The maximum absolute atomic E-state index is 4.41. The van der Waals surface area contributed by atoms with Crippen LogP contribution in [0.25, 0.3) is 16.9 Å². The standard InChI is InChI=1S/C15H12BrN3/c1-11-7-14(16)9-17-15(11)19-10-13(8-18-19)12-5-3-2-4-6-12/h2-10H,1H3. The largest absolute Gasteiger partial charge is 0.236 e. The Bertz CT molecular complexity index is 704. The Morgan fingerprint density at radius 1 is 1.05 bits per heavy atom. The Labute approximate surface area is 120 Å². The SMILES string of the molecule is Cc1cc(Br)cnc1-n1cc(-c2ccccc2)cn1. The lowest BCUT2D eigenvalue weighted by Crippen LogP contribution is -2.00. The van der Waals surface area contributed by atoms with Crippen LogP contribution in [0.2, 0.25) is 0 Å². The molecule has 19 heavy (non-hydrogen) atoms. The predicted molar refractivity (Wildman–Crippen MR) is 79.2 cm³/mol. The summed E-state index contributed by atoms with van der Waals surface area (Å²) in [6.07, 6.45) is 5.64. The molecule has 2 aromatic heterocycles. The molecule has 0 saturated heterocycles. The molecule has 0 aliphatic rings. The van der Waals surface area contributed by atoms with Gasteiger partial charge in [0.15, 0.2) is 5.82 Å². The van der Waals surface area contributed by atoms with Crippen molar-refractivity contribution in [2.75, 3.05) is 0 Å². The summed E-state index contributed by atoms with van der Waals surface area (Å²) in [5.41, 5.74) is 3.32. The first kappa shape index (κ1) is 12.1. The van der Waals surface area contributed by atoms with Crippen LogP contribution in [-0.4, -0.2) is 14.8 Å². The third-order valence-corrected chi connectivity index (χ3v) is 3.36. The Hall–Kier alpha value is -1.94. The summed E-state index contributed by atoms with van der Waals surface area (Å²) in [7, 11) is 0. The first-order chi connectivity index (χ1) is 9.24. The predicted octanol–water partition coefficient (Wildman–Crippen LogP) is 4.01. The number of aromatic nitrogens is 3. The summed E-state index contributed by atoms with van der Waals surface area (Å²) >= 11 is 3.42. The molecule has 1 aromatic carbocycles. The minimum atomic E-state index is 0.852. The molecule has 0 aliphatic carbocycles. The van der Waals surface area contributed by atoms with Gasteiger partial charge in [0.2, 0.25) is 0 Å². The van der Waals surface area contributed by atoms with Crippen LogP contribution in [-0.2, 0) is 0 Å². The van der Waals surface area contributed by atoms with Crippen LogP contribution in [0.5, 0.6) is 0 Å². The van der Waals surface area contributed by atoms with E-state index in [-0.39, 0.29) is 0 Å². The highest BCUT2D eigenvalue weighted by Crippen LogP contribution is 2.21. The van der Waals surface area contributed by atoms with Crippen molar-refractivity contribution in [1.29, 1.82) is 0 Å². The monoisotopic (exact) mass is 313 g/mol. The molecular formula is C15H12BrN3. The summed E-state index contributed by atoms with van der Waals surface area (Å²) in [5, 5.41) is 4.39. The lowest BCUT2D eigenvalue weighted by molar-refractivity contribution is 0.837. The fraction of sp³-hybridized carbons (Fsp3) is 0.0667. The minimum absolute atomic E-state index is 0.852. The van der Waals surface area contributed by atoms with Gasteiger partial charge in [-0.2, -0.15) is 5.10 Å². The second-order valence-electron chi connectivity index (χ2n) is 4.33. The number of nitrogens with zero attached hydrogens (tertiary/aromatic N) is 3. The highest BCUT2D eigenvalue weighted by molar-refractivity contribution is 9.10. The van der Waals surface area contributed by atoms with Gasteiger partial charge >= 0.3 is 0 Å². The molecule has 0 unspecified atom stereocenters. The van der Waals surface area contributed by atoms with E-state index in [9.17, 15) is 0 Å². The smallest absolute Gasteiger partial charge is 0.156 e. The van der Waals surface area contributed by atoms with Crippen LogP contribution in [0.15, 0.2) is 59.5 Å². The highest BCUT2D eigenvalue weighted by Gasteiger charge is 2.06. The van der Waals surface area contributed by atoms with Gasteiger partial charge in [0.05, 0.1) is 6.20 Å². The molecule has 0 saturated carbocycles. The molecule has 3 nitrogen and oxygen atoms in total.